The summed E-state index contributed by atoms with van der Waals surface area (Å²) < 4.78 is 7.06. The summed E-state index contributed by atoms with van der Waals surface area (Å²) in [5.41, 5.74) is 3.28. The van der Waals surface area contributed by atoms with Crippen molar-refractivity contribution in [3.8, 4) is 5.69 Å². The molecule has 1 aliphatic heterocycles. The van der Waals surface area contributed by atoms with E-state index in [0.717, 1.165) is 30.9 Å². The van der Waals surface area contributed by atoms with Gasteiger partial charge in [-0.2, -0.15) is 0 Å². The molecule has 1 atom stereocenters. The van der Waals surface area contributed by atoms with E-state index in [1.54, 1.807) is 30.4 Å². The molecule has 3 heterocycles. The number of hydrogen-bond donors (Lipinski definition) is 1. The van der Waals surface area contributed by atoms with Crippen molar-refractivity contribution in [1.29, 1.82) is 0 Å². The van der Waals surface area contributed by atoms with Crippen LogP contribution in [0.5, 0.6) is 0 Å². The Balaban J connectivity index is 1.33. The largest absolute Gasteiger partial charge is 0.380 e. The second-order valence-corrected chi connectivity index (χ2v) is 6.68. The Morgan fingerprint density at radius 3 is 2.68 bits per heavy atom. The van der Waals surface area contributed by atoms with Crippen LogP contribution < -0.4 is 10.2 Å². The molecule has 4 rings (SSSR count). The molecule has 0 unspecified atom stereocenters. The maximum absolute atomic E-state index is 12.4. The van der Waals surface area contributed by atoms with E-state index in [-0.39, 0.29) is 12.0 Å². The van der Waals surface area contributed by atoms with Crippen molar-refractivity contribution in [1.82, 2.24) is 25.3 Å². The molecule has 8 nitrogen and oxygen atoms in total. The average Bonchev–Trinajstić information content (AvgIpc) is 3.42. The number of amides is 1. The quantitative estimate of drug-likeness (QED) is 0.704. The van der Waals surface area contributed by atoms with Gasteiger partial charge in [0.25, 0.3) is 5.91 Å². The van der Waals surface area contributed by atoms with Gasteiger partial charge in [-0.1, -0.05) is 5.21 Å². The summed E-state index contributed by atoms with van der Waals surface area (Å²) in [7, 11) is 1.75. The van der Waals surface area contributed by atoms with E-state index in [2.05, 4.69) is 25.5 Å². The van der Waals surface area contributed by atoms with E-state index in [4.69, 9.17) is 4.74 Å². The number of benzene rings is 1. The molecule has 0 radical (unpaired) electrons. The highest BCUT2D eigenvalue weighted by Gasteiger charge is 2.22. The van der Waals surface area contributed by atoms with Gasteiger partial charge in [-0.3, -0.25) is 9.78 Å². The molecule has 1 fully saturated rings. The van der Waals surface area contributed by atoms with Gasteiger partial charge in [0, 0.05) is 43.8 Å². The van der Waals surface area contributed by atoms with Crippen LogP contribution in [0.1, 0.15) is 22.5 Å². The molecule has 2 aromatic heterocycles. The molecule has 1 aliphatic rings. The Morgan fingerprint density at radius 2 is 1.96 bits per heavy atom. The lowest BCUT2D eigenvalue weighted by Crippen LogP contribution is -2.24. The number of rotatable bonds is 6. The monoisotopic (exact) mass is 378 g/mol. The van der Waals surface area contributed by atoms with E-state index in [1.165, 1.54) is 0 Å². The average molecular weight is 378 g/mol. The molecular formula is C20H22N6O2. The van der Waals surface area contributed by atoms with Crippen molar-refractivity contribution >= 4 is 11.6 Å². The minimum atomic E-state index is -0.138. The van der Waals surface area contributed by atoms with Gasteiger partial charge in [0.15, 0.2) is 0 Å². The van der Waals surface area contributed by atoms with E-state index in [1.807, 2.05) is 36.4 Å². The van der Waals surface area contributed by atoms with E-state index in [0.29, 0.717) is 17.8 Å². The van der Waals surface area contributed by atoms with E-state index < -0.39 is 0 Å². The first-order chi connectivity index (χ1) is 13.7. The molecule has 1 amide bonds. The van der Waals surface area contributed by atoms with E-state index in [9.17, 15) is 4.79 Å². The van der Waals surface area contributed by atoms with Gasteiger partial charge in [0.05, 0.1) is 24.5 Å². The molecule has 0 aliphatic carbocycles. The van der Waals surface area contributed by atoms with Crippen molar-refractivity contribution in [3.63, 3.8) is 0 Å². The molecular weight excluding hydrogens is 356 g/mol. The van der Waals surface area contributed by atoms with Gasteiger partial charge in [-0.25, -0.2) is 4.68 Å². The summed E-state index contributed by atoms with van der Waals surface area (Å²) in [6.07, 6.45) is 6.49. The van der Waals surface area contributed by atoms with Crippen molar-refractivity contribution in [3.05, 3.63) is 66.2 Å². The van der Waals surface area contributed by atoms with Crippen LogP contribution in [0, 0.1) is 0 Å². The summed E-state index contributed by atoms with van der Waals surface area (Å²) in [6, 6.07) is 11.3. The molecule has 0 bridgehead atoms. The van der Waals surface area contributed by atoms with Crippen LogP contribution in [0.3, 0.4) is 0 Å². The van der Waals surface area contributed by atoms with Crippen molar-refractivity contribution in [2.45, 2.75) is 19.1 Å². The number of carbonyl (C=O) groups excluding carboxylic acids is 1. The number of anilines is 1. The third kappa shape index (κ3) is 4.01. The zero-order chi connectivity index (χ0) is 19.3. The summed E-state index contributed by atoms with van der Waals surface area (Å²) in [5.74, 6) is -0.138. The Bertz CT molecular complexity index is 925. The number of pyridine rings is 1. The Kier molecular flexibility index (Phi) is 5.29. The maximum atomic E-state index is 12.4. The summed E-state index contributed by atoms with van der Waals surface area (Å²) in [4.78, 5) is 18.7. The first-order valence-electron chi connectivity index (χ1n) is 9.20. The van der Waals surface area contributed by atoms with Crippen molar-refractivity contribution in [2.24, 2.45) is 0 Å². The molecule has 0 spiro atoms. The lowest BCUT2D eigenvalue weighted by molar-refractivity contribution is 0.0950. The number of nitrogens with one attached hydrogen (secondary N) is 1. The van der Waals surface area contributed by atoms with Gasteiger partial charge in [-0.15, -0.1) is 5.10 Å². The number of ether oxygens (including phenoxy) is 1. The summed E-state index contributed by atoms with van der Waals surface area (Å²) >= 11 is 0. The Morgan fingerprint density at radius 1 is 1.18 bits per heavy atom. The first kappa shape index (κ1) is 18.1. The molecule has 28 heavy (non-hydrogen) atoms. The third-order valence-electron chi connectivity index (χ3n) is 4.87. The topological polar surface area (TPSA) is 85.2 Å². The smallest absolute Gasteiger partial charge is 0.251 e. The van der Waals surface area contributed by atoms with Crippen molar-refractivity contribution < 1.29 is 9.53 Å². The number of nitrogens with zero attached hydrogens (tertiary/aromatic N) is 5. The first-order valence-corrected chi connectivity index (χ1v) is 9.20. The highest BCUT2D eigenvalue weighted by atomic mass is 16.5. The molecule has 1 saturated heterocycles. The summed E-state index contributed by atoms with van der Waals surface area (Å²) in [6.45, 7) is 2.17. The predicted molar refractivity (Wildman–Crippen MR) is 104 cm³/mol. The Hall–Kier alpha value is -3.26. The zero-order valence-corrected chi connectivity index (χ0v) is 15.7. The maximum Gasteiger partial charge on any atom is 0.251 e. The fourth-order valence-electron chi connectivity index (χ4n) is 3.25. The van der Waals surface area contributed by atoms with E-state index >= 15 is 0 Å². The minimum absolute atomic E-state index is 0.138. The van der Waals surface area contributed by atoms with Crippen LogP contribution in [0.4, 0.5) is 5.69 Å². The lowest BCUT2D eigenvalue weighted by Gasteiger charge is -2.18. The molecule has 144 valence electrons. The fraction of sp³-hybridized carbons (Fsp3) is 0.300. The number of methoxy groups -OCH3 is 1. The van der Waals surface area contributed by atoms with Gasteiger partial charge in [0.2, 0.25) is 0 Å². The SMILES string of the molecule is CO[C@@H]1CCN(c2ccc(C(=O)NCc3cn(-c4ccncc4)nn3)cc2)C1. The van der Waals surface area contributed by atoms with Crippen LogP contribution in [0.2, 0.25) is 0 Å². The highest BCUT2D eigenvalue weighted by molar-refractivity contribution is 5.94. The summed E-state index contributed by atoms with van der Waals surface area (Å²) in [5, 5.41) is 11.1. The fourth-order valence-corrected chi connectivity index (χ4v) is 3.25. The van der Waals surface area contributed by atoms with Gasteiger partial charge in [-0.05, 0) is 42.8 Å². The highest BCUT2D eigenvalue weighted by Crippen LogP contribution is 2.22. The third-order valence-corrected chi connectivity index (χ3v) is 4.87. The van der Waals surface area contributed by atoms with Crippen molar-refractivity contribution in [2.75, 3.05) is 25.1 Å². The van der Waals surface area contributed by atoms with Crippen LogP contribution >= 0.6 is 0 Å². The standard InChI is InChI=1S/C20H22N6O2/c1-28-19-8-11-25(14-19)17-4-2-15(3-5-17)20(27)22-12-16-13-26(24-23-16)18-6-9-21-10-7-18/h2-7,9-10,13,19H,8,11-12,14H2,1H3,(H,22,27)/t19-/m1/s1. The van der Waals surface area contributed by atoms with Gasteiger partial charge < -0.3 is 15.0 Å². The molecule has 8 heteroatoms. The second-order valence-electron chi connectivity index (χ2n) is 6.68. The molecule has 1 aromatic carbocycles. The number of carbonyl (C=O) groups is 1. The lowest BCUT2D eigenvalue weighted by atomic mass is 10.2. The van der Waals surface area contributed by atoms with Crippen LogP contribution in [0.25, 0.3) is 5.69 Å². The Labute approximate surface area is 163 Å². The number of aromatic nitrogens is 4. The van der Waals surface area contributed by atoms with Gasteiger partial charge in [0.1, 0.15) is 5.69 Å². The molecule has 3 aromatic rings. The van der Waals surface area contributed by atoms with Crippen LogP contribution in [-0.2, 0) is 11.3 Å². The number of hydrogen-bond acceptors (Lipinski definition) is 6. The molecule has 0 saturated carbocycles. The van der Waals surface area contributed by atoms with Gasteiger partial charge >= 0.3 is 0 Å². The second kappa shape index (κ2) is 8.18. The normalized spacial score (nSPS) is 16.3. The molecule has 1 N–H and O–H groups in total. The minimum Gasteiger partial charge on any atom is -0.380 e. The zero-order valence-electron chi connectivity index (χ0n) is 15.7. The predicted octanol–water partition coefficient (Wildman–Crippen LogP) is 1.82. The van der Waals surface area contributed by atoms with Crippen LogP contribution in [0.15, 0.2) is 55.0 Å². The van der Waals surface area contributed by atoms with Crippen LogP contribution in [-0.4, -0.2) is 52.2 Å².